The fraction of sp³-hybridized carbons (Fsp3) is 0.0714. The molecular weight excluding hydrogens is 342 g/mol. The molecule has 0 spiro atoms. The molecular formula is C14H8F2N4OS2. The largest absolute Gasteiger partial charge is 0.333 e. The molecule has 0 saturated carbocycles. The van der Waals surface area contributed by atoms with Crippen molar-refractivity contribution in [2.75, 3.05) is 0 Å². The van der Waals surface area contributed by atoms with Gasteiger partial charge in [-0.15, -0.1) is 11.3 Å². The van der Waals surface area contributed by atoms with Crippen molar-refractivity contribution in [1.29, 1.82) is 0 Å². The number of benzene rings is 1. The van der Waals surface area contributed by atoms with Crippen LogP contribution in [0.4, 0.5) is 8.78 Å². The highest BCUT2D eigenvalue weighted by Gasteiger charge is 2.10. The van der Waals surface area contributed by atoms with Crippen LogP contribution < -0.4 is 5.56 Å². The Labute approximate surface area is 136 Å². The van der Waals surface area contributed by atoms with Gasteiger partial charge in [0.2, 0.25) is 0 Å². The van der Waals surface area contributed by atoms with Gasteiger partial charge in [0.15, 0.2) is 21.8 Å². The summed E-state index contributed by atoms with van der Waals surface area (Å²) in [5, 5.41) is 2.31. The molecule has 3 aromatic heterocycles. The van der Waals surface area contributed by atoms with Gasteiger partial charge in [0.1, 0.15) is 0 Å². The zero-order valence-electron chi connectivity index (χ0n) is 11.4. The van der Waals surface area contributed by atoms with Crippen molar-refractivity contribution in [3.63, 3.8) is 0 Å². The average molecular weight is 350 g/mol. The Hall–Kier alpha value is -2.26. The molecule has 0 radical (unpaired) electrons. The molecule has 0 aliphatic rings. The predicted molar refractivity (Wildman–Crippen MR) is 84.9 cm³/mol. The lowest BCUT2D eigenvalue weighted by Gasteiger charge is -1.99. The molecule has 0 bridgehead atoms. The van der Waals surface area contributed by atoms with Crippen LogP contribution in [0.2, 0.25) is 0 Å². The number of rotatable bonds is 3. The van der Waals surface area contributed by atoms with E-state index in [-0.39, 0.29) is 5.56 Å². The van der Waals surface area contributed by atoms with Crippen LogP contribution in [0.5, 0.6) is 0 Å². The first-order valence-electron chi connectivity index (χ1n) is 6.53. The van der Waals surface area contributed by atoms with E-state index >= 15 is 0 Å². The molecule has 0 aliphatic heterocycles. The van der Waals surface area contributed by atoms with Gasteiger partial charge in [0, 0.05) is 35.5 Å². The standard InChI is InChI=1S/C14H8F2N4OS2/c15-8-4-10-11(5-9(8)16)19-13(18-10)23-6-7-3-12(21)20-1-2-22-14(20)17-7/h1-5H,6H2,(H,18,19). The average Bonchev–Trinajstić information content (AvgIpc) is 3.12. The van der Waals surface area contributed by atoms with Crippen LogP contribution >= 0.6 is 23.1 Å². The normalized spacial score (nSPS) is 11.6. The lowest BCUT2D eigenvalue weighted by molar-refractivity contribution is 0.510. The maximum absolute atomic E-state index is 13.2. The number of halogens is 2. The summed E-state index contributed by atoms with van der Waals surface area (Å²) in [5.74, 6) is -1.43. The van der Waals surface area contributed by atoms with E-state index < -0.39 is 11.6 Å². The van der Waals surface area contributed by atoms with Gasteiger partial charge in [-0.05, 0) is 0 Å². The lowest BCUT2D eigenvalue weighted by atomic mass is 10.3. The highest BCUT2D eigenvalue weighted by atomic mass is 32.2. The summed E-state index contributed by atoms with van der Waals surface area (Å²) in [7, 11) is 0. The predicted octanol–water partition coefficient (Wildman–Crippen LogP) is 3.20. The number of H-pyrrole nitrogens is 1. The van der Waals surface area contributed by atoms with Crippen LogP contribution in [0.25, 0.3) is 16.0 Å². The number of thiazole rings is 1. The van der Waals surface area contributed by atoms with Gasteiger partial charge in [0.25, 0.3) is 5.56 Å². The van der Waals surface area contributed by atoms with E-state index in [9.17, 15) is 13.6 Å². The molecule has 1 aromatic carbocycles. The molecule has 9 heteroatoms. The summed E-state index contributed by atoms with van der Waals surface area (Å²) in [5.41, 5.74) is 1.27. The zero-order valence-corrected chi connectivity index (χ0v) is 13.0. The molecule has 5 nitrogen and oxygen atoms in total. The lowest BCUT2D eigenvalue weighted by Crippen LogP contribution is -2.12. The van der Waals surface area contributed by atoms with Gasteiger partial charge < -0.3 is 4.98 Å². The molecule has 116 valence electrons. The van der Waals surface area contributed by atoms with Crippen LogP contribution in [0.15, 0.2) is 39.7 Å². The third-order valence-electron chi connectivity index (χ3n) is 3.22. The van der Waals surface area contributed by atoms with Gasteiger partial charge in [-0.3, -0.25) is 9.20 Å². The minimum Gasteiger partial charge on any atom is -0.333 e. The van der Waals surface area contributed by atoms with Crippen LogP contribution in [-0.2, 0) is 5.75 Å². The number of hydrogen-bond acceptors (Lipinski definition) is 5. The van der Waals surface area contributed by atoms with Crippen LogP contribution in [-0.4, -0.2) is 19.4 Å². The first-order valence-corrected chi connectivity index (χ1v) is 8.40. The third kappa shape index (κ3) is 2.62. The number of aromatic nitrogens is 4. The molecule has 0 atom stereocenters. The van der Waals surface area contributed by atoms with E-state index in [1.165, 1.54) is 33.6 Å². The molecule has 0 aliphatic carbocycles. The molecule has 1 N–H and O–H groups in total. The first kappa shape index (κ1) is 14.3. The van der Waals surface area contributed by atoms with Gasteiger partial charge in [-0.1, -0.05) is 11.8 Å². The van der Waals surface area contributed by atoms with Crippen molar-refractivity contribution in [2.45, 2.75) is 10.9 Å². The van der Waals surface area contributed by atoms with E-state index in [1.807, 2.05) is 0 Å². The van der Waals surface area contributed by atoms with Crippen molar-refractivity contribution in [3.05, 3.63) is 57.5 Å². The van der Waals surface area contributed by atoms with E-state index in [0.29, 0.717) is 32.6 Å². The van der Waals surface area contributed by atoms with Crippen molar-refractivity contribution in [1.82, 2.24) is 19.4 Å². The molecule has 0 fully saturated rings. The molecule has 0 unspecified atom stereocenters. The van der Waals surface area contributed by atoms with Gasteiger partial charge in [-0.25, -0.2) is 18.7 Å². The fourth-order valence-corrected chi connectivity index (χ4v) is 3.67. The van der Waals surface area contributed by atoms with Gasteiger partial charge in [-0.2, -0.15) is 0 Å². The topological polar surface area (TPSA) is 63.0 Å². The van der Waals surface area contributed by atoms with E-state index in [0.717, 1.165) is 12.1 Å². The maximum atomic E-state index is 13.2. The molecule has 23 heavy (non-hydrogen) atoms. The number of aromatic amines is 1. The molecule has 3 heterocycles. The van der Waals surface area contributed by atoms with Gasteiger partial charge >= 0.3 is 0 Å². The SMILES string of the molecule is O=c1cc(CSc2nc3cc(F)c(F)cc3[nH]2)nc2sccn12. The Morgan fingerprint density at radius 3 is 2.91 bits per heavy atom. The molecule has 4 rings (SSSR count). The second-order valence-corrected chi connectivity index (χ2v) is 6.59. The van der Waals surface area contributed by atoms with Crippen LogP contribution in [0, 0.1) is 11.6 Å². The quantitative estimate of drug-likeness (QED) is 0.576. The van der Waals surface area contributed by atoms with Crippen molar-refractivity contribution in [3.8, 4) is 0 Å². The van der Waals surface area contributed by atoms with E-state index in [1.54, 1.807) is 11.6 Å². The Kier molecular flexibility index (Phi) is 3.38. The first-order chi connectivity index (χ1) is 11.1. The number of hydrogen-bond donors (Lipinski definition) is 1. The Morgan fingerprint density at radius 2 is 2.04 bits per heavy atom. The Balaban J connectivity index is 1.61. The highest BCUT2D eigenvalue weighted by Crippen LogP contribution is 2.24. The van der Waals surface area contributed by atoms with Gasteiger partial charge in [0.05, 0.1) is 16.7 Å². The summed E-state index contributed by atoms with van der Waals surface area (Å²) in [6.45, 7) is 0. The highest BCUT2D eigenvalue weighted by molar-refractivity contribution is 7.98. The maximum Gasteiger partial charge on any atom is 0.258 e. The second kappa shape index (κ2) is 5.43. The minimum absolute atomic E-state index is 0.138. The summed E-state index contributed by atoms with van der Waals surface area (Å²) in [6.07, 6.45) is 1.68. The van der Waals surface area contributed by atoms with Crippen LogP contribution in [0.1, 0.15) is 5.69 Å². The number of imidazole rings is 1. The number of nitrogens with one attached hydrogen (secondary N) is 1. The molecule has 0 amide bonds. The van der Waals surface area contributed by atoms with Crippen molar-refractivity contribution >= 4 is 39.1 Å². The summed E-state index contributed by atoms with van der Waals surface area (Å²) in [4.78, 5) is 24.0. The Bertz CT molecular complexity index is 1050. The van der Waals surface area contributed by atoms with Crippen LogP contribution in [0.3, 0.4) is 0 Å². The zero-order chi connectivity index (χ0) is 16.0. The number of fused-ring (bicyclic) bond motifs is 2. The fourth-order valence-electron chi connectivity index (χ4n) is 2.15. The smallest absolute Gasteiger partial charge is 0.258 e. The summed E-state index contributed by atoms with van der Waals surface area (Å²) >= 11 is 2.69. The molecule has 4 aromatic rings. The van der Waals surface area contributed by atoms with E-state index in [2.05, 4.69) is 15.0 Å². The number of nitrogens with zero attached hydrogens (tertiary/aromatic N) is 3. The van der Waals surface area contributed by atoms with Crippen molar-refractivity contribution in [2.24, 2.45) is 0 Å². The monoisotopic (exact) mass is 350 g/mol. The molecule has 0 saturated heterocycles. The van der Waals surface area contributed by atoms with Crippen molar-refractivity contribution < 1.29 is 8.78 Å². The third-order valence-corrected chi connectivity index (χ3v) is 4.88. The summed E-state index contributed by atoms with van der Waals surface area (Å²) < 4.78 is 27.9. The summed E-state index contributed by atoms with van der Waals surface area (Å²) in [6, 6.07) is 3.59. The number of thioether (sulfide) groups is 1. The Morgan fingerprint density at radius 1 is 1.22 bits per heavy atom. The second-order valence-electron chi connectivity index (χ2n) is 4.76. The van der Waals surface area contributed by atoms with E-state index in [4.69, 9.17) is 0 Å². The minimum atomic E-state index is -0.932.